The minimum Gasteiger partial charge on any atom is -0.460 e. The monoisotopic (exact) mass is 341 g/mol. The predicted octanol–water partition coefficient (Wildman–Crippen LogP) is 2.89. The van der Waals surface area contributed by atoms with Crippen LogP contribution in [0.15, 0.2) is 41.1 Å². The van der Waals surface area contributed by atoms with Crippen molar-refractivity contribution in [3.63, 3.8) is 0 Å². The summed E-state index contributed by atoms with van der Waals surface area (Å²) in [6, 6.07) is 8.14. The van der Waals surface area contributed by atoms with Gasteiger partial charge in [-0.1, -0.05) is 0 Å². The first-order chi connectivity index (χ1) is 12.4. The lowest BCUT2D eigenvalue weighted by atomic mass is 9.97. The Bertz CT molecular complexity index is 652. The van der Waals surface area contributed by atoms with E-state index in [-0.39, 0.29) is 0 Å². The normalized spacial score (nSPS) is 23.0. The number of likely N-dealkylation sites (tertiary alicyclic amines) is 1. The number of hydrogen-bond acceptors (Lipinski definition) is 5. The molecule has 5 nitrogen and oxygen atoms in total. The van der Waals surface area contributed by atoms with Gasteiger partial charge in [0, 0.05) is 44.1 Å². The third-order valence-electron chi connectivity index (χ3n) is 5.21. The van der Waals surface area contributed by atoms with E-state index in [1.165, 1.54) is 32.5 Å². The molecule has 0 spiro atoms. The van der Waals surface area contributed by atoms with Gasteiger partial charge in [-0.2, -0.15) is 0 Å². The van der Waals surface area contributed by atoms with E-state index in [9.17, 15) is 0 Å². The molecule has 4 rings (SSSR count). The van der Waals surface area contributed by atoms with Gasteiger partial charge in [0.05, 0.1) is 19.8 Å². The minimum atomic E-state index is 0.764. The number of hydrogen-bond donors (Lipinski definition) is 0. The van der Waals surface area contributed by atoms with Crippen molar-refractivity contribution < 1.29 is 9.15 Å². The van der Waals surface area contributed by atoms with Crippen LogP contribution in [0.5, 0.6) is 0 Å². The van der Waals surface area contributed by atoms with Gasteiger partial charge in [-0.05, 0) is 49.6 Å². The number of pyridine rings is 1. The highest BCUT2D eigenvalue weighted by Crippen LogP contribution is 2.24. The van der Waals surface area contributed by atoms with E-state index in [4.69, 9.17) is 9.15 Å². The average Bonchev–Trinajstić information content (AvgIpc) is 3.12. The van der Waals surface area contributed by atoms with E-state index in [0.29, 0.717) is 0 Å². The first-order valence-corrected chi connectivity index (χ1v) is 9.38. The molecule has 0 saturated carbocycles. The van der Waals surface area contributed by atoms with Crippen molar-refractivity contribution in [1.82, 2.24) is 14.8 Å². The molecule has 0 N–H and O–H groups in total. The molecule has 2 aromatic rings. The number of piperidine rings is 1. The fraction of sp³-hybridized carbons (Fsp3) is 0.550. The van der Waals surface area contributed by atoms with Crippen LogP contribution in [0.3, 0.4) is 0 Å². The van der Waals surface area contributed by atoms with Gasteiger partial charge in [0.25, 0.3) is 0 Å². The lowest BCUT2D eigenvalue weighted by Crippen LogP contribution is -2.44. The smallest absolute Gasteiger partial charge is 0.135 e. The Morgan fingerprint density at radius 1 is 1.08 bits per heavy atom. The highest BCUT2D eigenvalue weighted by atomic mass is 16.5. The SMILES string of the molecule is c1cncc(-c2ccc(CN3CCC[C@H](CN4CCOCC4)C3)o2)c1. The van der Waals surface area contributed by atoms with E-state index >= 15 is 0 Å². The quantitative estimate of drug-likeness (QED) is 0.836. The van der Waals surface area contributed by atoms with Gasteiger partial charge < -0.3 is 9.15 Å². The van der Waals surface area contributed by atoms with Crippen LogP contribution < -0.4 is 0 Å². The van der Waals surface area contributed by atoms with Gasteiger partial charge in [0.1, 0.15) is 11.5 Å². The summed E-state index contributed by atoms with van der Waals surface area (Å²) in [4.78, 5) is 9.27. The predicted molar refractivity (Wildman–Crippen MR) is 97.2 cm³/mol. The summed E-state index contributed by atoms with van der Waals surface area (Å²) in [5.74, 6) is 2.72. The van der Waals surface area contributed by atoms with Crippen LogP contribution in [0.2, 0.25) is 0 Å². The molecule has 134 valence electrons. The molecule has 0 bridgehead atoms. The zero-order chi connectivity index (χ0) is 16.9. The zero-order valence-electron chi connectivity index (χ0n) is 14.8. The summed E-state index contributed by atoms with van der Waals surface area (Å²) < 4.78 is 11.5. The van der Waals surface area contributed by atoms with Gasteiger partial charge in [0.2, 0.25) is 0 Å². The third-order valence-corrected chi connectivity index (χ3v) is 5.21. The third kappa shape index (κ3) is 4.48. The number of ether oxygens (including phenoxy) is 1. The van der Waals surface area contributed by atoms with E-state index in [0.717, 1.165) is 55.8 Å². The van der Waals surface area contributed by atoms with Crippen LogP contribution in [-0.2, 0) is 11.3 Å². The van der Waals surface area contributed by atoms with Crippen molar-refractivity contribution in [2.45, 2.75) is 19.4 Å². The molecule has 0 aromatic carbocycles. The number of furan rings is 1. The Kier molecular flexibility index (Phi) is 5.45. The average molecular weight is 341 g/mol. The molecule has 2 aromatic heterocycles. The van der Waals surface area contributed by atoms with Crippen molar-refractivity contribution in [2.24, 2.45) is 5.92 Å². The molecule has 0 aliphatic carbocycles. The van der Waals surface area contributed by atoms with Crippen LogP contribution in [0.4, 0.5) is 0 Å². The number of rotatable bonds is 5. The molecule has 1 atom stereocenters. The summed E-state index contributed by atoms with van der Waals surface area (Å²) in [6.07, 6.45) is 6.26. The van der Waals surface area contributed by atoms with E-state index in [2.05, 4.69) is 26.9 Å². The lowest BCUT2D eigenvalue weighted by molar-refractivity contribution is 0.0220. The van der Waals surface area contributed by atoms with Gasteiger partial charge in [-0.3, -0.25) is 14.8 Å². The molecule has 0 unspecified atom stereocenters. The molecule has 25 heavy (non-hydrogen) atoms. The van der Waals surface area contributed by atoms with Crippen molar-refractivity contribution in [3.8, 4) is 11.3 Å². The van der Waals surface area contributed by atoms with Gasteiger partial charge in [-0.25, -0.2) is 0 Å². The molecule has 2 fully saturated rings. The Labute approximate surface area is 149 Å². The first-order valence-electron chi connectivity index (χ1n) is 9.38. The van der Waals surface area contributed by atoms with Crippen molar-refractivity contribution in [3.05, 3.63) is 42.4 Å². The van der Waals surface area contributed by atoms with Crippen LogP contribution in [-0.4, -0.2) is 60.7 Å². The number of nitrogens with zero attached hydrogens (tertiary/aromatic N) is 3. The molecular weight excluding hydrogens is 314 g/mol. The maximum absolute atomic E-state index is 6.05. The van der Waals surface area contributed by atoms with Crippen LogP contribution >= 0.6 is 0 Å². The van der Waals surface area contributed by atoms with E-state index in [1.807, 2.05) is 18.3 Å². The number of aromatic nitrogens is 1. The van der Waals surface area contributed by atoms with Crippen LogP contribution in [0, 0.1) is 5.92 Å². The Hall–Kier alpha value is -1.69. The second-order valence-electron chi connectivity index (χ2n) is 7.16. The molecule has 2 aliphatic heterocycles. The van der Waals surface area contributed by atoms with Crippen molar-refractivity contribution >= 4 is 0 Å². The summed E-state index contributed by atoms with van der Waals surface area (Å²) in [5, 5.41) is 0. The summed E-state index contributed by atoms with van der Waals surface area (Å²) in [6.45, 7) is 8.40. The summed E-state index contributed by atoms with van der Waals surface area (Å²) in [7, 11) is 0. The number of morpholine rings is 1. The maximum Gasteiger partial charge on any atom is 0.135 e. The first kappa shape index (κ1) is 16.8. The Morgan fingerprint density at radius 3 is 2.84 bits per heavy atom. The highest BCUT2D eigenvalue weighted by Gasteiger charge is 2.23. The summed E-state index contributed by atoms with van der Waals surface area (Å²) in [5.41, 5.74) is 1.04. The summed E-state index contributed by atoms with van der Waals surface area (Å²) >= 11 is 0. The fourth-order valence-corrected chi connectivity index (χ4v) is 3.94. The van der Waals surface area contributed by atoms with Crippen LogP contribution in [0.1, 0.15) is 18.6 Å². The minimum absolute atomic E-state index is 0.764. The van der Waals surface area contributed by atoms with Crippen molar-refractivity contribution in [2.75, 3.05) is 45.9 Å². The van der Waals surface area contributed by atoms with E-state index in [1.54, 1.807) is 6.20 Å². The molecule has 0 radical (unpaired) electrons. The topological polar surface area (TPSA) is 41.7 Å². The lowest BCUT2D eigenvalue weighted by Gasteiger charge is -2.36. The molecule has 4 heterocycles. The van der Waals surface area contributed by atoms with Gasteiger partial charge >= 0.3 is 0 Å². The maximum atomic E-state index is 6.05. The molecule has 5 heteroatoms. The van der Waals surface area contributed by atoms with Gasteiger partial charge in [-0.15, -0.1) is 0 Å². The van der Waals surface area contributed by atoms with Crippen LogP contribution in [0.25, 0.3) is 11.3 Å². The second kappa shape index (κ2) is 8.13. The van der Waals surface area contributed by atoms with Crippen molar-refractivity contribution in [1.29, 1.82) is 0 Å². The standard InChI is InChI=1S/C20H27N3O2/c1-4-18(13-21-7-1)20-6-5-19(25-20)16-23-8-2-3-17(15-23)14-22-9-11-24-12-10-22/h1,4-7,13,17H,2-3,8-12,14-16H2/t17-/m1/s1. The van der Waals surface area contributed by atoms with Gasteiger partial charge in [0.15, 0.2) is 0 Å². The molecule has 2 aliphatic rings. The Balaban J connectivity index is 1.32. The largest absolute Gasteiger partial charge is 0.460 e. The zero-order valence-corrected chi connectivity index (χ0v) is 14.8. The Morgan fingerprint density at radius 2 is 2.00 bits per heavy atom. The molecule has 2 saturated heterocycles. The second-order valence-corrected chi connectivity index (χ2v) is 7.16. The fourth-order valence-electron chi connectivity index (χ4n) is 3.94. The van der Waals surface area contributed by atoms with E-state index < -0.39 is 0 Å². The molecule has 0 amide bonds. The molecular formula is C20H27N3O2. The highest BCUT2D eigenvalue weighted by molar-refractivity contribution is 5.55.